The summed E-state index contributed by atoms with van der Waals surface area (Å²) in [5.74, 6) is -5.95. The molecule has 0 aliphatic carbocycles. The Bertz CT molecular complexity index is 817. The van der Waals surface area contributed by atoms with Crippen molar-refractivity contribution < 1.29 is 31.1 Å². The van der Waals surface area contributed by atoms with Gasteiger partial charge in [-0.05, 0) is 32.0 Å². The number of carbonyl (C=O) groups is 1. The lowest BCUT2D eigenvalue weighted by Gasteiger charge is -2.25. The largest absolute Gasteiger partial charge is 0.472 e. The number of esters is 1. The molecule has 0 spiro atoms. The van der Waals surface area contributed by atoms with Gasteiger partial charge in [-0.15, -0.1) is 0 Å². The molecular formula is C16H17F2NO5S. The number of carbonyl (C=O) groups excluding carboxylic acids is 1. The van der Waals surface area contributed by atoms with Gasteiger partial charge < -0.3 is 9.15 Å². The van der Waals surface area contributed by atoms with Crippen molar-refractivity contribution in [3.63, 3.8) is 0 Å². The summed E-state index contributed by atoms with van der Waals surface area (Å²) in [4.78, 5) is 11.4. The van der Waals surface area contributed by atoms with Gasteiger partial charge in [-0.3, -0.25) is 0 Å². The Balaban J connectivity index is 2.40. The second-order valence-electron chi connectivity index (χ2n) is 5.27. The molecule has 6 nitrogen and oxygen atoms in total. The molecule has 0 aliphatic heterocycles. The van der Waals surface area contributed by atoms with Gasteiger partial charge in [0.15, 0.2) is 0 Å². The Morgan fingerprint density at radius 1 is 1.28 bits per heavy atom. The van der Waals surface area contributed by atoms with Crippen molar-refractivity contribution in [2.24, 2.45) is 0 Å². The highest BCUT2D eigenvalue weighted by Crippen LogP contribution is 2.34. The van der Waals surface area contributed by atoms with Crippen LogP contribution in [0, 0.1) is 6.92 Å². The van der Waals surface area contributed by atoms with E-state index in [1.165, 1.54) is 31.2 Å². The van der Waals surface area contributed by atoms with Crippen LogP contribution in [-0.4, -0.2) is 26.9 Å². The fraction of sp³-hybridized carbons (Fsp3) is 0.312. The van der Waals surface area contributed by atoms with E-state index < -0.39 is 28.0 Å². The van der Waals surface area contributed by atoms with Gasteiger partial charge in [0.1, 0.15) is 6.04 Å². The van der Waals surface area contributed by atoms with Crippen LogP contribution in [0.2, 0.25) is 0 Å². The van der Waals surface area contributed by atoms with Gasteiger partial charge in [0.2, 0.25) is 10.0 Å². The fourth-order valence-corrected chi connectivity index (χ4v) is 3.30. The van der Waals surface area contributed by atoms with Crippen molar-refractivity contribution in [2.45, 2.75) is 30.7 Å². The maximum Gasteiger partial charge on any atom is 0.379 e. The Labute approximate surface area is 143 Å². The van der Waals surface area contributed by atoms with E-state index in [2.05, 4.69) is 4.74 Å². The Morgan fingerprint density at radius 2 is 1.92 bits per heavy atom. The molecule has 2 rings (SSSR count). The smallest absolute Gasteiger partial charge is 0.379 e. The first kappa shape index (κ1) is 19.1. The fourth-order valence-electron chi connectivity index (χ4n) is 2.08. The third-order valence-electron chi connectivity index (χ3n) is 3.39. The molecular weight excluding hydrogens is 356 g/mol. The highest BCUT2D eigenvalue weighted by Gasteiger charge is 2.51. The predicted molar refractivity (Wildman–Crippen MR) is 84.5 cm³/mol. The highest BCUT2D eigenvalue weighted by molar-refractivity contribution is 7.89. The van der Waals surface area contributed by atoms with Gasteiger partial charge in [-0.25, -0.2) is 13.2 Å². The number of hydrogen-bond acceptors (Lipinski definition) is 5. The van der Waals surface area contributed by atoms with Crippen LogP contribution < -0.4 is 4.72 Å². The summed E-state index contributed by atoms with van der Waals surface area (Å²) in [6.07, 6.45) is 2.04. The molecule has 1 heterocycles. The van der Waals surface area contributed by atoms with Crippen molar-refractivity contribution in [3.05, 3.63) is 54.0 Å². The highest BCUT2D eigenvalue weighted by atomic mass is 32.2. The molecule has 0 bridgehead atoms. The Kier molecular flexibility index (Phi) is 5.58. The van der Waals surface area contributed by atoms with Crippen molar-refractivity contribution in [3.8, 4) is 0 Å². The van der Waals surface area contributed by atoms with Crippen molar-refractivity contribution in [2.75, 3.05) is 6.61 Å². The molecule has 1 aromatic heterocycles. The topological polar surface area (TPSA) is 85.6 Å². The minimum Gasteiger partial charge on any atom is -0.472 e. The molecule has 9 heteroatoms. The number of nitrogens with one attached hydrogen (secondary N) is 1. The minimum absolute atomic E-state index is 0.200. The van der Waals surface area contributed by atoms with E-state index >= 15 is 0 Å². The average molecular weight is 373 g/mol. The zero-order valence-electron chi connectivity index (χ0n) is 13.5. The van der Waals surface area contributed by atoms with Crippen molar-refractivity contribution >= 4 is 16.0 Å². The van der Waals surface area contributed by atoms with Crippen LogP contribution in [0.15, 0.2) is 52.2 Å². The van der Waals surface area contributed by atoms with Crippen molar-refractivity contribution in [1.82, 2.24) is 4.72 Å². The molecule has 0 radical (unpaired) electrons. The van der Waals surface area contributed by atoms with Gasteiger partial charge in [-0.1, -0.05) is 17.7 Å². The molecule has 0 saturated carbocycles. The lowest BCUT2D eigenvalue weighted by molar-refractivity contribution is -0.175. The summed E-state index contributed by atoms with van der Waals surface area (Å²) in [6, 6.07) is 4.61. The number of ether oxygens (including phenoxy) is 1. The van der Waals surface area contributed by atoms with Crippen LogP contribution in [0.4, 0.5) is 8.78 Å². The second kappa shape index (κ2) is 7.32. The number of benzene rings is 1. The summed E-state index contributed by atoms with van der Waals surface area (Å²) in [6.45, 7) is 2.86. The quantitative estimate of drug-likeness (QED) is 0.755. The third kappa shape index (κ3) is 4.23. The van der Waals surface area contributed by atoms with Crippen LogP contribution in [0.1, 0.15) is 24.1 Å². The molecule has 136 valence electrons. The molecule has 0 aliphatic rings. The number of alkyl halides is 2. The molecule has 1 N–H and O–H groups in total. The number of halogens is 2. The van der Waals surface area contributed by atoms with Gasteiger partial charge in [0.25, 0.3) is 0 Å². The number of rotatable bonds is 7. The van der Waals surface area contributed by atoms with Gasteiger partial charge in [0, 0.05) is 5.56 Å². The van der Waals surface area contributed by atoms with Gasteiger partial charge >= 0.3 is 11.9 Å². The van der Waals surface area contributed by atoms with E-state index in [4.69, 9.17) is 4.42 Å². The molecule has 1 atom stereocenters. The summed E-state index contributed by atoms with van der Waals surface area (Å²) in [5, 5.41) is 0. The van der Waals surface area contributed by atoms with E-state index in [1.54, 1.807) is 6.92 Å². The van der Waals surface area contributed by atoms with E-state index in [9.17, 15) is 22.0 Å². The molecule has 1 unspecified atom stereocenters. The summed E-state index contributed by atoms with van der Waals surface area (Å²) in [7, 11) is -4.31. The first-order valence-electron chi connectivity index (χ1n) is 7.34. The van der Waals surface area contributed by atoms with Crippen LogP contribution >= 0.6 is 0 Å². The monoisotopic (exact) mass is 373 g/mol. The summed E-state index contributed by atoms with van der Waals surface area (Å²) < 4.78 is 64.9. The number of hydrogen-bond donors (Lipinski definition) is 1. The Morgan fingerprint density at radius 3 is 2.44 bits per heavy atom. The van der Waals surface area contributed by atoms with E-state index in [-0.39, 0.29) is 17.1 Å². The predicted octanol–water partition coefficient (Wildman–Crippen LogP) is 2.81. The third-order valence-corrected chi connectivity index (χ3v) is 4.83. The van der Waals surface area contributed by atoms with Crippen LogP contribution in [0.3, 0.4) is 0 Å². The van der Waals surface area contributed by atoms with Crippen molar-refractivity contribution in [1.29, 1.82) is 0 Å². The second-order valence-corrected chi connectivity index (χ2v) is 6.98. The zero-order chi connectivity index (χ0) is 18.7. The number of sulfonamides is 1. The first-order valence-corrected chi connectivity index (χ1v) is 8.83. The summed E-state index contributed by atoms with van der Waals surface area (Å²) >= 11 is 0. The SMILES string of the molecule is CCOC(=O)C(F)(F)C(NS(=O)(=O)c1ccc(C)cc1)c1ccoc1. The van der Waals surface area contributed by atoms with Crippen LogP contribution in [-0.2, 0) is 19.6 Å². The average Bonchev–Trinajstić information content (AvgIpc) is 3.07. The maximum atomic E-state index is 14.5. The molecule has 0 amide bonds. The molecule has 1 aromatic carbocycles. The lowest BCUT2D eigenvalue weighted by atomic mass is 10.1. The minimum atomic E-state index is -4.31. The maximum absolute atomic E-state index is 14.5. The Hall–Kier alpha value is -2.26. The number of aryl methyl sites for hydroxylation is 1. The van der Waals surface area contributed by atoms with Gasteiger partial charge in [-0.2, -0.15) is 13.5 Å². The molecule has 0 saturated heterocycles. The lowest BCUT2D eigenvalue weighted by Crippen LogP contribution is -2.46. The van der Waals surface area contributed by atoms with E-state index in [1.807, 2.05) is 4.72 Å². The van der Waals surface area contributed by atoms with E-state index in [0.717, 1.165) is 24.2 Å². The molecule has 0 fully saturated rings. The normalized spacial score (nSPS) is 13.4. The first-order chi connectivity index (χ1) is 11.7. The summed E-state index contributed by atoms with van der Waals surface area (Å²) in [5.41, 5.74) is 0.607. The standard InChI is InChI=1S/C16H17F2NO5S/c1-3-24-15(20)16(17,18)14(12-8-9-23-10-12)19-25(21,22)13-6-4-11(2)5-7-13/h4-10,14,19H,3H2,1-2H3. The molecule has 2 aromatic rings. The van der Waals surface area contributed by atoms with E-state index in [0.29, 0.717) is 0 Å². The van der Waals surface area contributed by atoms with Gasteiger partial charge in [0.05, 0.1) is 24.0 Å². The zero-order valence-corrected chi connectivity index (χ0v) is 14.3. The van der Waals surface area contributed by atoms with Crippen LogP contribution in [0.25, 0.3) is 0 Å². The number of furan rings is 1. The molecule has 25 heavy (non-hydrogen) atoms. The van der Waals surface area contributed by atoms with Crippen LogP contribution in [0.5, 0.6) is 0 Å².